The second kappa shape index (κ2) is 8.96. The Labute approximate surface area is 135 Å². The van der Waals surface area contributed by atoms with Gasteiger partial charge in [0.15, 0.2) is 12.4 Å². The van der Waals surface area contributed by atoms with Crippen LogP contribution in [-0.4, -0.2) is 120 Å². The van der Waals surface area contributed by atoms with Crippen LogP contribution in [0.5, 0.6) is 0 Å². The molecule has 0 aromatic heterocycles. The molecule has 1 heterocycles. The predicted octanol–water partition coefficient (Wildman–Crippen LogP) is -5.67. The third kappa shape index (κ3) is 4.58. The fourth-order valence-electron chi connectivity index (χ4n) is 2.16. The molecule has 3 unspecified atom stereocenters. The van der Waals surface area contributed by atoms with Crippen molar-refractivity contribution < 1.29 is 60.2 Å². The number of carbonyl (C=O) groups is 1. The average Bonchev–Trinajstić information content (AvgIpc) is 2.57. The van der Waals surface area contributed by atoms with Crippen molar-refractivity contribution in [3.63, 3.8) is 0 Å². The van der Waals surface area contributed by atoms with E-state index < -0.39 is 74.3 Å². The van der Waals surface area contributed by atoms with E-state index in [1.165, 1.54) is 0 Å². The smallest absolute Gasteiger partial charge is 0.335 e. The molecule has 1 fully saturated rings. The molecule has 0 aromatic rings. The summed E-state index contributed by atoms with van der Waals surface area (Å²) in [5.74, 6) is -1.84. The summed E-state index contributed by atoms with van der Waals surface area (Å²) in [6.45, 7) is -1.76. The summed E-state index contributed by atoms with van der Waals surface area (Å²) in [5, 5.41) is 84.5. The van der Waals surface area contributed by atoms with Gasteiger partial charge in [-0.05, 0) is 0 Å². The highest BCUT2D eigenvalue weighted by Gasteiger charge is 2.47. The quantitative estimate of drug-likeness (QED) is 0.198. The Morgan fingerprint density at radius 2 is 1.62 bits per heavy atom. The number of hydrogen-bond donors (Lipinski definition) is 9. The molecule has 1 rings (SSSR count). The van der Waals surface area contributed by atoms with Crippen molar-refractivity contribution in [2.24, 2.45) is 0 Å². The van der Waals surface area contributed by atoms with Crippen molar-refractivity contribution in [2.75, 3.05) is 13.2 Å². The zero-order valence-corrected chi connectivity index (χ0v) is 12.4. The molecule has 9 atom stereocenters. The van der Waals surface area contributed by atoms with Gasteiger partial charge in [0.1, 0.15) is 42.7 Å². The molecule has 0 radical (unpaired) electrons. The van der Waals surface area contributed by atoms with Crippen LogP contribution in [-0.2, 0) is 14.3 Å². The first-order chi connectivity index (χ1) is 11.1. The van der Waals surface area contributed by atoms with Crippen molar-refractivity contribution >= 4 is 5.97 Å². The molecular weight excluding hydrogens is 336 g/mol. The van der Waals surface area contributed by atoms with Crippen molar-refractivity contribution in [3.8, 4) is 0 Å². The average molecular weight is 358 g/mol. The van der Waals surface area contributed by atoms with E-state index in [1.807, 2.05) is 0 Å². The molecule has 1 aliphatic rings. The lowest BCUT2D eigenvalue weighted by Crippen LogP contribution is -2.61. The Bertz CT molecular complexity index is 403. The maximum atomic E-state index is 10.7. The van der Waals surface area contributed by atoms with Gasteiger partial charge in [-0.3, -0.25) is 0 Å². The van der Waals surface area contributed by atoms with Gasteiger partial charge in [0, 0.05) is 0 Å². The van der Waals surface area contributed by atoms with E-state index in [2.05, 4.69) is 0 Å². The van der Waals surface area contributed by atoms with Crippen LogP contribution in [0.15, 0.2) is 0 Å². The first-order valence-corrected chi connectivity index (χ1v) is 6.99. The number of aliphatic carboxylic acids is 1. The lowest BCUT2D eigenvalue weighted by atomic mass is 9.98. The Morgan fingerprint density at radius 1 is 1.04 bits per heavy atom. The zero-order valence-electron chi connectivity index (χ0n) is 12.4. The summed E-state index contributed by atoms with van der Waals surface area (Å²) in [6.07, 6.45) is -16.9. The van der Waals surface area contributed by atoms with Gasteiger partial charge in [0.2, 0.25) is 0 Å². The molecule has 142 valence electrons. The molecular formula is C12H22O12. The van der Waals surface area contributed by atoms with Gasteiger partial charge in [-0.2, -0.15) is 0 Å². The Balaban J connectivity index is 2.94. The number of carboxylic acids is 1. The van der Waals surface area contributed by atoms with E-state index in [9.17, 15) is 35.4 Å². The Kier molecular flexibility index (Phi) is 7.88. The molecule has 1 saturated heterocycles. The van der Waals surface area contributed by atoms with Gasteiger partial charge in [0.25, 0.3) is 0 Å². The topological polar surface area (TPSA) is 218 Å². The number of rotatable bonds is 8. The van der Waals surface area contributed by atoms with Crippen molar-refractivity contribution in [1.29, 1.82) is 0 Å². The molecule has 0 saturated carbocycles. The van der Waals surface area contributed by atoms with Gasteiger partial charge >= 0.3 is 5.97 Å². The van der Waals surface area contributed by atoms with Crippen LogP contribution in [0.2, 0.25) is 0 Å². The monoisotopic (exact) mass is 358 g/mol. The summed E-state index contributed by atoms with van der Waals surface area (Å²) in [7, 11) is 0. The first-order valence-electron chi connectivity index (χ1n) is 6.99. The number of hydrogen-bond acceptors (Lipinski definition) is 11. The lowest BCUT2D eigenvalue weighted by molar-refractivity contribution is -0.326. The van der Waals surface area contributed by atoms with Gasteiger partial charge in [-0.1, -0.05) is 0 Å². The molecule has 0 aliphatic carbocycles. The van der Waals surface area contributed by atoms with Crippen LogP contribution in [0.1, 0.15) is 0 Å². The van der Waals surface area contributed by atoms with Crippen LogP contribution in [0.4, 0.5) is 0 Å². The molecule has 12 nitrogen and oxygen atoms in total. The highest BCUT2D eigenvalue weighted by Crippen LogP contribution is 2.24. The van der Waals surface area contributed by atoms with Crippen LogP contribution < -0.4 is 0 Å². The number of aliphatic hydroxyl groups is 8. The second-order valence-electron chi connectivity index (χ2n) is 5.32. The zero-order chi connectivity index (χ0) is 18.6. The molecule has 1 aliphatic heterocycles. The third-order valence-corrected chi connectivity index (χ3v) is 3.62. The summed E-state index contributed by atoms with van der Waals surface area (Å²) >= 11 is 0. The highest BCUT2D eigenvalue weighted by molar-refractivity contribution is 5.72. The molecule has 0 aromatic carbocycles. The van der Waals surface area contributed by atoms with Crippen molar-refractivity contribution in [3.05, 3.63) is 0 Å². The molecule has 9 N–H and O–H groups in total. The largest absolute Gasteiger partial charge is 0.479 e. The van der Waals surface area contributed by atoms with Crippen LogP contribution >= 0.6 is 0 Å². The minimum Gasteiger partial charge on any atom is -0.479 e. The Hall–Kier alpha value is -0.930. The van der Waals surface area contributed by atoms with Gasteiger partial charge < -0.3 is 55.4 Å². The van der Waals surface area contributed by atoms with Crippen molar-refractivity contribution in [1.82, 2.24) is 0 Å². The SMILES string of the molecule is O=C(O)[C@H](O)[C@@H](O)C(O[C@@H]1OC(CO)[C@H](O)[C@H](O)C1O)[C@H](O)CO. The summed E-state index contributed by atoms with van der Waals surface area (Å²) < 4.78 is 9.98. The highest BCUT2D eigenvalue weighted by atomic mass is 16.7. The van der Waals surface area contributed by atoms with E-state index in [0.29, 0.717) is 0 Å². The van der Waals surface area contributed by atoms with E-state index in [4.69, 9.17) is 24.8 Å². The normalized spacial score (nSPS) is 35.9. The first kappa shape index (κ1) is 21.1. The maximum absolute atomic E-state index is 10.7. The molecule has 24 heavy (non-hydrogen) atoms. The van der Waals surface area contributed by atoms with Gasteiger partial charge in [0.05, 0.1) is 13.2 Å². The van der Waals surface area contributed by atoms with Crippen LogP contribution in [0.25, 0.3) is 0 Å². The molecule has 0 spiro atoms. The van der Waals surface area contributed by atoms with Gasteiger partial charge in [-0.25, -0.2) is 4.79 Å². The van der Waals surface area contributed by atoms with E-state index in [1.54, 1.807) is 0 Å². The summed E-state index contributed by atoms with van der Waals surface area (Å²) in [4.78, 5) is 10.7. The number of ether oxygens (including phenoxy) is 2. The van der Waals surface area contributed by atoms with Crippen LogP contribution in [0, 0.1) is 0 Å². The van der Waals surface area contributed by atoms with Gasteiger partial charge in [-0.15, -0.1) is 0 Å². The summed E-state index contributed by atoms with van der Waals surface area (Å²) in [6, 6.07) is 0. The maximum Gasteiger partial charge on any atom is 0.335 e. The number of aliphatic hydroxyl groups excluding tert-OH is 8. The second-order valence-corrected chi connectivity index (χ2v) is 5.32. The fourth-order valence-corrected chi connectivity index (χ4v) is 2.16. The molecule has 0 amide bonds. The predicted molar refractivity (Wildman–Crippen MR) is 71.4 cm³/mol. The lowest BCUT2D eigenvalue weighted by Gasteiger charge is -2.42. The minimum absolute atomic E-state index is 0.766. The van der Waals surface area contributed by atoms with E-state index >= 15 is 0 Å². The summed E-state index contributed by atoms with van der Waals surface area (Å²) in [5.41, 5.74) is 0. The minimum atomic E-state index is -2.39. The molecule has 0 bridgehead atoms. The van der Waals surface area contributed by atoms with E-state index in [-0.39, 0.29) is 0 Å². The van der Waals surface area contributed by atoms with Crippen LogP contribution in [0.3, 0.4) is 0 Å². The standard InChI is InChI=1S/C12H22O12/c13-1-3(15)10(7(18)8(19)11(21)22)24-12-9(20)6(17)5(16)4(2-14)23-12/h3-10,12-20H,1-2H2,(H,21,22)/t3-,4?,5+,6+,7-,8-,9?,10?,12+/m1/s1. The fraction of sp³-hybridized carbons (Fsp3) is 0.917. The van der Waals surface area contributed by atoms with Crippen molar-refractivity contribution in [2.45, 2.75) is 55.1 Å². The number of carboxylic acid groups (broad SMARTS) is 1. The van der Waals surface area contributed by atoms with E-state index in [0.717, 1.165) is 0 Å². The third-order valence-electron chi connectivity index (χ3n) is 3.62. The Morgan fingerprint density at radius 3 is 2.08 bits per heavy atom. The molecule has 12 heteroatoms.